The zero-order valence-electron chi connectivity index (χ0n) is 14.7. The van der Waals surface area contributed by atoms with Crippen molar-refractivity contribution in [3.63, 3.8) is 0 Å². The fourth-order valence-corrected chi connectivity index (χ4v) is 2.06. The number of nitrogens with one attached hydrogen (secondary N) is 1. The average Bonchev–Trinajstić information content (AvgIpc) is 2.61. The summed E-state index contributed by atoms with van der Waals surface area (Å²) in [5.41, 5.74) is 0.185. The number of urea groups is 1. The zero-order chi connectivity index (χ0) is 19.9. The van der Waals surface area contributed by atoms with Crippen LogP contribution in [0.4, 0.5) is 23.7 Å². The lowest BCUT2D eigenvalue weighted by Crippen LogP contribution is -2.34. The molecule has 0 aliphatic heterocycles. The Morgan fingerprint density at radius 1 is 1.07 bits per heavy atom. The van der Waals surface area contributed by atoms with E-state index in [2.05, 4.69) is 10.1 Å². The predicted molar refractivity (Wildman–Crippen MR) is 93.3 cm³/mol. The molecule has 27 heavy (non-hydrogen) atoms. The molecule has 9 heteroatoms. The molecule has 6 nitrogen and oxygen atoms in total. The number of alkyl halides is 3. The van der Waals surface area contributed by atoms with E-state index in [9.17, 15) is 18.0 Å². The van der Waals surface area contributed by atoms with E-state index in [0.29, 0.717) is 11.5 Å². The van der Waals surface area contributed by atoms with E-state index in [-0.39, 0.29) is 18.8 Å². The summed E-state index contributed by atoms with van der Waals surface area (Å²) in [6.45, 7) is 0.518. The molecule has 2 aromatic carbocycles. The van der Waals surface area contributed by atoms with Gasteiger partial charge in [0.05, 0.1) is 13.7 Å². The van der Waals surface area contributed by atoms with Gasteiger partial charge in [-0.25, -0.2) is 4.79 Å². The third kappa shape index (κ3) is 6.96. The normalized spacial score (nSPS) is 10.9. The maximum absolute atomic E-state index is 12.2. The SMILES string of the molecule is COc1ccc(OCCN(C)C(=O)Nc2cccc(OC(F)(F)F)c2)cc1. The van der Waals surface area contributed by atoms with Crippen molar-refractivity contribution in [1.82, 2.24) is 4.90 Å². The minimum Gasteiger partial charge on any atom is -0.497 e. The quantitative estimate of drug-likeness (QED) is 0.780. The van der Waals surface area contributed by atoms with E-state index in [1.165, 1.54) is 17.0 Å². The van der Waals surface area contributed by atoms with Crippen LogP contribution in [0.2, 0.25) is 0 Å². The van der Waals surface area contributed by atoms with Crippen molar-refractivity contribution in [3.05, 3.63) is 48.5 Å². The first-order chi connectivity index (χ1) is 12.8. The van der Waals surface area contributed by atoms with Crippen LogP contribution in [0, 0.1) is 0 Å². The number of methoxy groups -OCH3 is 1. The molecule has 0 spiro atoms. The molecule has 0 saturated heterocycles. The summed E-state index contributed by atoms with van der Waals surface area (Å²) in [4.78, 5) is 13.5. The van der Waals surface area contributed by atoms with E-state index in [1.807, 2.05) is 0 Å². The number of halogens is 3. The number of carbonyl (C=O) groups is 1. The molecular weight excluding hydrogens is 365 g/mol. The molecule has 0 radical (unpaired) electrons. The number of nitrogens with zero attached hydrogens (tertiary/aromatic N) is 1. The summed E-state index contributed by atoms with van der Waals surface area (Å²) in [5, 5.41) is 2.50. The van der Waals surface area contributed by atoms with Crippen molar-refractivity contribution in [3.8, 4) is 17.2 Å². The highest BCUT2D eigenvalue weighted by Gasteiger charge is 2.31. The highest BCUT2D eigenvalue weighted by atomic mass is 19.4. The largest absolute Gasteiger partial charge is 0.573 e. The van der Waals surface area contributed by atoms with E-state index in [0.717, 1.165) is 12.1 Å². The van der Waals surface area contributed by atoms with Crippen molar-refractivity contribution >= 4 is 11.7 Å². The highest BCUT2D eigenvalue weighted by molar-refractivity contribution is 5.89. The van der Waals surface area contributed by atoms with Crippen molar-refractivity contribution in [2.24, 2.45) is 0 Å². The second-order valence-electron chi connectivity index (χ2n) is 5.45. The summed E-state index contributed by atoms with van der Waals surface area (Å²) in [5.74, 6) is 0.919. The van der Waals surface area contributed by atoms with E-state index >= 15 is 0 Å². The molecular formula is C18H19F3N2O4. The predicted octanol–water partition coefficient (Wildman–Crippen LogP) is 4.14. The Morgan fingerprint density at radius 2 is 1.74 bits per heavy atom. The van der Waals surface area contributed by atoms with Crippen LogP contribution < -0.4 is 19.5 Å². The molecule has 146 valence electrons. The molecule has 1 N–H and O–H groups in total. The minimum absolute atomic E-state index is 0.185. The van der Waals surface area contributed by atoms with Crippen molar-refractivity contribution < 1.29 is 32.2 Å². The lowest BCUT2D eigenvalue weighted by atomic mass is 10.3. The van der Waals surface area contributed by atoms with Crippen molar-refractivity contribution in [2.75, 3.05) is 32.6 Å². The number of amides is 2. The molecule has 0 unspecified atom stereocenters. The second-order valence-corrected chi connectivity index (χ2v) is 5.45. The number of hydrogen-bond donors (Lipinski definition) is 1. The monoisotopic (exact) mass is 384 g/mol. The summed E-state index contributed by atoms with van der Waals surface area (Å²) in [6.07, 6.45) is -4.79. The Labute approximate surface area is 154 Å². The Bertz CT molecular complexity index is 751. The molecule has 0 fully saturated rings. The van der Waals surface area contributed by atoms with Gasteiger partial charge in [0, 0.05) is 18.8 Å². The number of likely N-dealkylation sites (N-methyl/N-ethyl adjacent to an activating group) is 1. The van der Waals surface area contributed by atoms with Gasteiger partial charge in [-0.15, -0.1) is 13.2 Å². The number of rotatable bonds is 7. The molecule has 2 amide bonds. The topological polar surface area (TPSA) is 60.0 Å². The zero-order valence-corrected chi connectivity index (χ0v) is 14.7. The van der Waals surface area contributed by atoms with Gasteiger partial charge in [0.25, 0.3) is 0 Å². The van der Waals surface area contributed by atoms with E-state index in [4.69, 9.17) is 9.47 Å². The first-order valence-corrected chi connectivity index (χ1v) is 7.91. The van der Waals surface area contributed by atoms with Gasteiger partial charge in [0.2, 0.25) is 0 Å². The molecule has 0 saturated carbocycles. The minimum atomic E-state index is -4.79. The molecule has 0 aliphatic rings. The van der Waals surface area contributed by atoms with Crippen LogP contribution in [0.3, 0.4) is 0 Å². The van der Waals surface area contributed by atoms with Gasteiger partial charge < -0.3 is 24.4 Å². The third-order valence-electron chi connectivity index (χ3n) is 3.42. The van der Waals surface area contributed by atoms with Crippen LogP contribution in [0.5, 0.6) is 17.2 Å². The van der Waals surface area contributed by atoms with Gasteiger partial charge in [-0.05, 0) is 36.4 Å². The molecule has 0 aliphatic carbocycles. The van der Waals surface area contributed by atoms with Crippen LogP contribution in [-0.2, 0) is 0 Å². The molecule has 0 aromatic heterocycles. The van der Waals surface area contributed by atoms with E-state index in [1.54, 1.807) is 38.4 Å². The summed E-state index contributed by atoms with van der Waals surface area (Å²) < 4.78 is 51.1. The first-order valence-electron chi connectivity index (χ1n) is 7.91. The lowest BCUT2D eigenvalue weighted by molar-refractivity contribution is -0.274. The van der Waals surface area contributed by atoms with Crippen molar-refractivity contribution in [2.45, 2.75) is 6.36 Å². The van der Waals surface area contributed by atoms with Crippen LogP contribution in [0.15, 0.2) is 48.5 Å². The van der Waals surface area contributed by atoms with Gasteiger partial charge in [0.1, 0.15) is 23.9 Å². The second kappa shape index (κ2) is 9.02. The lowest BCUT2D eigenvalue weighted by Gasteiger charge is -2.18. The number of benzene rings is 2. The van der Waals surface area contributed by atoms with Crippen LogP contribution in [0.1, 0.15) is 0 Å². The van der Waals surface area contributed by atoms with Gasteiger partial charge >= 0.3 is 12.4 Å². The smallest absolute Gasteiger partial charge is 0.497 e. The molecule has 2 aromatic rings. The van der Waals surface area contributed by atoms with Crippen LogP contribution in [0.25, 0.3) is 0 Å². The Morgan fingerprint density at radius 3 is 2.37 bits per heavy atom. The third-order valence-corrected chi connectivity index (χ3v) is 3.42. The number of hydrogen-bond acceptors (Lipinski definition) is 4. The number of carbonyl (C=O) groups excluding carboxylic acids is 1. The van der Waals surface area contributed by atoms with Gasteiger partial charge in [0.15, 0.2) is 0 Å². The molecule has 0 atom stereocenters. The highest BCUT2D eigenvalue weighted by Crippen LogP contribution is 2.25. The van der Waals surface area contributed by atoms with Crippen molar-refractivity contribution in [1.29, 1.82) is 0 Å². The van der Waals surface area contributed by atoms with Crippen LogP contribution >= 0.6 is 0 Å². The van der Waals surface area contributed by atoms with E-state index < -0.39 is 18.1 Å². The fraction of sp³-hybridized carbons (Fsp3) is 0.278. The van der Waals surface area contributed by atoms with Gasteiger partial charge in [-0.3, -0.25) is 0 Å². The number of ether oxygens (including phenoxy) is 3. The molecule has 0 bridgehead atoms. The molecule has 0 heterocycles. The molecule has 2 rings (SSSR count). The van der Waals surface area contributed by atoms with Crippen LogP contribution in [-0.4, -0.2) is 44.6 Å². The first kappa shape index (κ1) is 20.2. The summed E-state index contributed by atoms with van der Waals surface area (Å²) in [6, 6.07) is 11.5. The standard InChI is InChI=1S/C18H19F3N2O4/c1-23(10-11-26-15-8-6-14(25-2)7-9-15)17(24)22-13-4-3-5-16(12-13)27-18(19,20)21/h3-9,12H,10-11H2,1-2H3,(H,22,24). The Kier molecular flexibility index (Phi) is 6.75. The summed E-state index contributed by atoms with van der Waals surface area (Å²) in [7, 11) is 3.11. The maximum Gasteiger partial charge on any atom is 0.573 e. The Balaban J connectivity index is 1.81. The van der Waals surface area contributed by atoms with Gasteiger partial charge in [-0.1, -0.05) is 6.07 Å². The summed E-state index contributed by atoms with van der Waals surface area (Å²) >= 11 is 0. The van der Waals surface area contributed by atoms with Gasteiger partial charge in [-0.2, -0.15) is 0 Å². The maximum atomic E-state index is 12.2. The number of anilines is 1. The Hall–Kier alpha value is -3.10. The average molecular weight is 384 g/mol. The fourth-order valence-electron chi connectivity index (χ4n) is 2.06.